The average molecular weight is 425 g/mol. The highest BCUT2D eigenvalue weighted by Gasteiger charge is 2.25. The van der Waals surface area contributed by atoms with Crippen LogP contribution in [-0.4, -0.2) is 63.1 Å². The van der Waals surface area contributed by atoms with Gasteiger partial charge >= 0.3 is 0 Å². The number of hydrogen-bond donors (Lipinski definition) is 3. The van der Waals surface area contributed by atoms with E-state index in [2.05, 4.69) is 0 Å². The molecule has 0 aromatic heterocycles. The van der Waals surface area contributed by atoms with Crippen molar-refractivity contribution in [2.75, 3.05) is 26.2 Å². The Morgan fingerprint density at radius 2 is 1.39 bits per heavy atom. The van der Waals surface area contributed by atoms with E-state index < -0.39 is 23.2 Å². The van der Waals surface area contributed by atoms with Gasteiger partial charge in [-0.25, -0.2) is 0 Å². The molecular formula is C19H18Cl2N2O5. The lowest BCUT2D eigenvalue weighted by atomic mass is 10.1. The Bertz CT molecular complexity index is 912. The van der Waals surface area contributed by atoms with Crippen LogP contribution in [0.2, 0.25) is 10.0 Å². The van der Waals surface area contributed by atoms with Crippen LogP contribution in [0.5, 0.6) is 17.2 Å². The highest BCUT2D eigenvalue weighted by molar-refractivity contribution is 6.35. The zero-order chi connectivity index (χ0) is 20.4. The lowest BCUT2D eigenvalue weighted by Gasteiger charge is -2.23. The van der Waals surface area contributed by atoms with Gasteiger partial charge in [-0.3, -0.25) is 9.59 Å². The predicted molar refractivity (Wildman–Crippen MR) is 104 cm³/mol. The van der Waals surface area contributed by atoms with E-state index >= 15 is 0 Å². The van der Waals surface area contributed by atoms with E-state index in [1.54, 1.807) is 17.0 Å². The van der Waals surface area contributed by atoms with Gasteiger partial charge in [0, 0.05) is 36.8 Å². The Labute approximate surface area is 171 Å². The Hall–Kier alpha value is -2.64. The molecule has 148 valence electrons. The minimum Gasteiger partial charge on any atom is -0.504 e. The molecule has 28 heavy (non-hydrogen) atoms. The number of rotatable bonds is 2. The first kappa shape index (κ1) is 20.1. The monoisotopic (exact) mass is 424 g/mol. The molecule has 2 aromatic carbocycles. The molecule has 1 fully saturated rings. The van der Waals surface area contributed by atoms with Gasteiger partial charge < -0.3 is 25.1 Å². The summed E-state index contributed by atoms with van der Waals surface area (Å²) >= 11 is 12.1. The number of phenols is 3. The molecule has 3 rings (SSSR count). The molecular weight excluding hydrogens is 407 g/mol. The summed E-state index contributed by atoms with van der Waals surface area (Å²) in [5.74, 6) is -2.51. The summed E-state index contributed by atoms with van der Waals surface area (Å²) in [6.07, 6.45) is 0.547. The van der Waals surface area contributed by atoms with Crippen LogP contribution in [-0.2, 0) is 0 Å². The van der Waals surface area contributed by atoms with Gasteiger partial charge in [0.2, 0.25) is 0 Å². The molecule has 0 spiro atoms. The van der Waals surface area contributed by atoms with Crippen LogP contribution >= 0.6 is 23.2 Å². The van der Waals surface area contributed by atoms with Crippen molar-refractivity contribution in [1.29, 1.82) is 0 Å². The molecule has 0 unspecified atom stereocenters. The Morgan fingerprint density at radius 3 is 2.00 bits per heavy atom. The predicted octanol–water partition coefficient (Wildman–Crippen LogP) is 3.10. The number of benzene rings is 2. The maximum Gasteiger partial charge on any atom is 0.255 e. The van der Waals surface area contributed by atoms with E-state index in [1.165, 1.54) is 11.0 Å². The molecule has 2 aromatic rings. The first-order valence-electron chi connectivity index (χ1n) is 8.56. The van der Waals surface area contributed by atoms with E-state index in [4.69, 9.17) is 23.2 Å². The fourth-order valence-corrected chi connectivity index (χ4v) is 3.44. The van der Waals surface area contributed by atoms with Crippen molar-refractivity contribution in [3.63, 3.8) is 0 Å². The van der Waals surface area contributed by atoms with Gasteiger partial charge in [0.15, 0.2) is 17.2 Å². The van der Waals surface area contributed by atoms with Gasteiger partial charge in [-0.05, 0) is 36.8 Å². The van der Waals surface area contributed by atoms with Crippen molar-refractivity contribution >= 4 is 35.0 Å². The van der Waals surface area contributed by atoms with Crippen LogP contribution in [0, 0.1) is 0 Å². The second-order valence-corrected chi connectivity index (χ2v) is 7.27. The number of aromatic hydroxyl groups is 3. The topological polar surface area (TPSA) is 101 Å². The van der Waals surface area contributed by atoms with E-state index in [9.17, 15) is 24.9 Å². The SMILES string of the molecule is O=C(c1cc(O)c(O)c(O)c1)N1CCCN(C(=O)c2cc(Cl)ccc2Cl)CC1. The molecule has 3 N–H and O–H groups in total. The molecule has 1 aliphatic rings. The number of halogens is 2. The van der Waals surface area contributed by atoms with Crippen molar-refractivity contribution in [2.45, 2.75) is 6.42 Å². The summed E-state index contributed by atoms with van der Waals surface area (Å²) < 4.78 is 0. The Balaban J connectivity index is 1.73. The lowest BCUT2D eigenvalue weighted by molar-refractivity contribution is 0.0718. The van der Waals surface area contributed by atoms with Gasteiger partial charge in [0.05, 0.1) is 10.6 Å². The van der Waals surface area contributed by atoms with E-state index in [0.29, 0.717) is 41.7 Å². The van der Waals surface area contributed by atoms with Crippen LogP contribution in [0.3, 0.4) is 0 Å². The van der Waals surface area contributed by atoms with Crippen LogP contribution in [0.15, 0.2) is 30.3 Å². The molecule has 1 saturated heterocycles. The second kappa shape index (κ2) is 8.16. The van der Waals surface area contributed by atoms with Crippen molar-refractivity contribution in [2.24, 2.45) is 0 Å². The van der Waals surface area contributed by atoms with Crippen LogP contribution in [0.25, 0.3) is 0 Å². The fourth-order valence-electron chi connectivity index (χ4n) is 3.07. The van der Waals surface area contributed by atoms with Crippen LogP contribution in [0.1, 0.15) is 27.1 Å². The molecule has 9 heteroatoms. The van der Waals surface area contributed by atoms with Gasteiger partial charge in [0.1, 0.15) is 0 Å². The van der Waals surface area contributed by atoms with E-state index in [0.717, 1.165) is 12.1 Å². The third-order valence-corrected chi connectivity index (χ3v) is 5.11. The molecule has 1 heterocycles. The lowest BCUT2D eigenvalue weighted by Crippen LogP contribution is -2.37. The first-order chi connectivity index (χ1) is 13.3. The standard InChI is InChI=1S/C19H18Cl2N2O5/c20-12-2-3-14(21)13(10-12)19(28)23-5-1-4-22(6-7-23)18(27)11-8-15(24)17(26)16(25)9-11/h2-3,8-10,24-26H,1,4-7H2. The maximum absolute atomic E-state index is 12.8. The molecule has 0 saturated carbocycles. The largest absolute Gasteiger partial charge is 0.504 e. The molecule has 1 aliphatic heterocycles. The quantitative estimate of drug-likeness (QED) is 0.642. The minimum absolute atomic E-state index is 0.0467. The van der Waals surface area contributed by atoms with Crippen molar-refractivity contribution in [1.82, 2.24) is 9.80 Å². The molecule has 0 aliphatic carbocycles. The number of amides is 2. The van der Waals surface area contributed by atoms with E-state index in [-0.39, 0.29) is 18.0 Å². The normalized spacial score (nSPS) is 14.6. The second-order valence-electron chi connectivity index (χ2n) is 6.43. The summed E-state index contributed by atoms with van der Waals surface area (Å²) in [7, 11) is 0. The van der Waals surface area contributed by atoms with E-state index in [1.807, 2.05) is 0 Å². The van der Waals surface area contributed by atoms with Crippen LogP contribution in [0.4, 0.5) is 0 Å². The minimum atomic E-state index is -0.678. The van der Waals surface area contributed by atoms with Crippen molar-refractivity contribution < 1.29 is 24.9 Å². The Kier molecular flexibility index (Phi) is 5.86. The number of carbonyl (C=O) groups excluding carboxylic acids is 2. The number of nitrogens with zero attached hydrogens (tertiary/aromatic N) is 2. The van der Waals surface area contributed by atoms with Gasteiger partial charge in [-0.15, -0.1) is 0 Å². The number of hydrogen-bond acceptors (Lipinski definition) is 5. The van der Waals surface area contributed by atoms with Gasteiger partial charge in [-0.1, -0.05) is 23.2 Å². The third-order valence-electron chi connectivity index (χ3n) is 4.55. The molecule has 0 atom stereocenters. The summed E-state index contributed by atoms with van der Waals surface area (Å²) in [6, 6.07) is 6.87. The molecule has 0 radical (unpaired) electrons. The highest BCUT2D eigenvalue weighted by Crippen LogP contribution is 2.35. The summed E-state index contributed by atoms with van der Waals surface area (Å²) in [5.41, 5.74) is 0.354. The van der Waals surface area contributed by atoms with Crippen LogP contribution < -0.4 is 0 Å². The van der Waals surface area contributed by atoms with Crippen molar-refractivity contribution in [3.8, 4) is 17.2 Å². The first-order valence-corrected chi connectivity index (χ1v) is 9.32. The molecule has 0 bridgehead atoms. The zero-order valence-corrected chi connectivity index (χ0v) is 16.2. The maximum atomic E-state index is 12.8. The van der Waals surface area contributed by atoms with Crippen molar-refractivity contribution in [3.05, 3.63) is 51.5 Å². The van der Waals surface area contributed by atoms with Gasteiger partial charge in [0.25, 0.3) is 11.8 Å². The molecule has 2 amide bonds. The summed E-state index contributed by atoms with van der Waals surface area (Å²) in [5, 5.41) is 29.4. The summed E-state index contributed by atoms with van der Waals surface area (Å²) in [6.45, 7) is 1.40. The third kappa shape index (κ3) is 4.10. The Morgan fingerprint density at radius 1 is 0.821 bits per heavy atom. The molecule has 7 nitrogen and oxygen atoms in total. The number of phenolic OH excluding ortho intramolecular Hbond substituents is 3. The highest BCUT2D eigenvalue weighted by atomic mass is 35.5. The fraction of sp³-hybridized carbons (Fsp3) is 0.263. The zero-order valence-electron chi connectivity index (χ0n) is 14.7. The number of carbonyl (C=O) groups is 2. The van der Waals surface area contributed by atoms with Gasteiger partial charge in [-0.2, -0.15) is 0 Å². The summed E-state index contributed by atoms with van der Waals surface area (Å²) in [4.78, 5) is 28.6. The average Bonchev–Trinajstić information content (AvgIpc) is 2.92. The smallest absolute Gasteiger partial charge is 0.255 e.